The molecule has 0 fully saturated rings. The van der Waals surface area contributed by atoms with Crippen molar-refractivity contribution in [3.05, 3.63) is 54.1 Å². The van der Waals surface area contributed by atoms with E-state index in [-0.39, 0.29) is 22.2 Å². The molecule has 0 aromatic heterocycles. The molecular weight excluding hydrogens is 302 g/mol. The van der Waals surface area contributed by atoms with Gasteiger partial charge in [0.05, 0.1) is 11.9 Å². The van der Waals surface area contributed by atoms with E-state index < -0.39 is 16.3 Å². The average Bonchev–Trinajstić information content (AvgIpc) is 2.48. The number of nitrogens with two attached hydrogens (primary N) is 2. The molecule has 2 rings (SSSR count). The van der Waals surface area contributed by atoms with E-state index in [9.17, 15) is 13.0 Å². The Kier molecular flexibility index (Phi) is 4.70. The smallest absolute Gasteiger partial charge is 0.296 e. The Morgan fingerprint density at radius 3 is 2.36 bits per heavy atom. The number of benzene rings is 2. The van der Waals surface area contributed by atoms with Gasteiger partial charge in [-0.25, -0.2) is 0 Å². The normalized spacial score (nSPS) is 14.3. The van der Waals surface area contributed by atoms with Crippen LogP contribution in [0.15, 0.2) is 53.4 Å². The summed E-state index contributed by atoms with van der Waals surface area (Å²) in [4.78, 5) is -0.289. The first-order valence-electron chi connectivity index (χ1n) is 6.73. The van der Waals surface area contributed by atoms with Gasteiger partial charge in [0.2, 0.25) is 0 Å². The second-order valence-corrected chi connectivity index (χ2v) is 6.49. The van der Waals surface area contributed by atoms with Gasteiger partial charge >= 0.3 is 0 Å². The Morgan fingerprint density at radius 2 is 1.77 bits per heavy atom. The lowest BCUT2D eigenvalue weighted by atomic mass is 9.98. The molecule has 22 heavy (non-hydrogen) atoms. The molecule has 2 unspecified atom stereocenters. The van der Waals surface area contributed by atoms with Gasteiger partial charge in [-0.1, -0.05) is 37.3 Å². The first kappa shape index (κ1) is 16.3. The minimum absolute atomic E-state index is 0.0620. The lowest BCUT2D eigenvalue weighted by molar-refractivity contribution is 0.483. The maximum absolute atomic E-state index is 11.4. The van der Waals surface area contributed by atoms with Crippen molar-refractivity contribution in [2.75, 3.05) is 11.1 Å². The summed E-state index contributed by atoms with van der Waals surface area (Å²) >= 11 is 0. The highest BCUT2D eigenvalue weighted by Gasteiger charge is 2.20. The van der Waals surface area contributed by atoms with Gasteiger partial charge in [0.25, 0.3) is 10.1 Å². The third-order valence-corrected chi connectivity index (χ3v) is 4.36. The number of rotatable bonds is 5. The summed E-state index contributed by atoms with van der Waals surface area (Å²) in [5.41, 5.74) is 13.2. The lowest BCUT2D eigenvalue weighted by Crippen LogP contribution is -2.35. The molecule has 0 aliphatic carbocycles. The maximum atomic E-state index is 11.4. The molecule has 0 spiro atoms. The molecule has 0 aliphatic heterocycles. The summed E-state index contributed by atoms with van der Waals surface area (Å²) in [5.74, 6) is -0.0620. The SMILES string of the molecule is CC(c1ccccc1)C(N)Nc1ccc(N)cc1S(=O)(=O)O. The molecule has 0 radical (unpaired) electrons. The third-order valence-electron chi connectivity index (χ3n) is 3.47. The van der Waals surface area contributed by atoms with Gasteiger partial charge < -0.3 is 16.8 Å². The number of hydrogen-bond donors (Lipinski definition) is 4. The summed E-state index contributed by atoms with van der Waals surface area (Å²) < 4.78 is 32.2. The van der Waals surface area contributed by atoms with E-state index in [0.717, 1.165) is 5.56 Å². The number of nitrogen functional groups attached to an aromatic ring is 1. The third kappa shape index (κ3) is 3.76. The summed E-state index contributed by atoms with van der Waals surface area (Å²) in [7, 11) is -4.39. The molecule has 0 saturated heterocycles. The van der Waals surface area contributed by atoms with E-state index in [2.05, 4.69) is 5.32 Å². The van der Waals surface area contributed by atoms with Crippen molar-refractivity contribution < 1.29 is 13.0 Å². The molecule has 2 aromatic rings. The highest BCUT2D eigenvalue weighted by Crippen LogP contribution is 2.26. The van der Waals surface area contributed by atoms with Crippen LogP contribution in [0.5, 0.6) is 0 Å². The molecule has 0 amide bonds. The zero-order chi connectivity index (χ0) is 16.3. The Morgan fingerprint density at radius 1 is 1.14 bits per heavy atom. The molecule has 7 heteroatoms. The van der Waals surface area contributed by atoms with Crippen molar-refractivity contribution >= 4 is 21.5 Å². The van der Waals surface area contributed by atoms with Gasteiger partial charge in [0.1, 0.15) is 4.90 Å². The van der Waals surface area contributed by atoms with Crippen molar-refractivity contribution in [2.24, 2.45) is 5.73 Å². The van der Waals surface area contributed by atoms with Crippen molar-refractivity contribution in [3.63, 3.8) is 0 Å². The minimum atomic E-state index is -4.39. The van der Waals surface area contributed by atoms with E-state index in [0.29, 0.717) is 0 Å². The Hall–Kier alpha value is -2.09. The van der Waals surface area contributed by atoms with Gasteiger partial charge in [-0.2, -0.15) is 8.42 Å². The largest absolute Gasteiger partial charge is 0.399 e. The van der Waals surface area contributed by atoms with Crippen LogP contribution in [-0.2, 0) is 10.1 Å². The van der Waals surface area contributed by atoms with Crippen LogP contribution in [0, 0.1) is 0 Å². The van der Waals surface area contributed by atoms with Gasteiger partial charge in [-0.3, -0.25) is 4.55 Å². The van der Waals surface area contributed by atoms with Crippen molar-refractivity contribution in [3.8, 4) is 0 Å². The summed E-state index contributed by atoms with van der Waals surface area (Å²) in [5, 5.41) is 2.93. The van der Waals surface area contributed by atoms with Crippen LogP contribution >= 0.6 is 0 Å². The summed E-state index contributed by atoms with van der Waals surface area (Å²) in [6.07, 6.45) is -0.536. The fraction of sp³-hybridized carbons (Fsp3) is 0.200. The highest BCUT2D eigenvalue weighted by molar-refractivity contribution is 7.86. The predicted octanol–water partition coefficient (Wildman–Crippen LogP) is 2.02. The zero-order valence-corrected chi connectivity index (χ0v) is 12.9. The van der Waals surface area contributed by atoms with Gasteiger partial charge in [0.15, 0.2) is 0 Å². The Bertz CT molecular complexity index is 748. The Balaban J connectivity index is 2.27. The Labute approximate surface area is 129 Å². The number of anilines is 2. The van der Waals surface area contributed by atoms with Crippen LogP contribution in [0.25, 0.3) is 0 Å². The van der Waals surface area contributed by atoms with Crippen LogP contribution in [0.3, 0.4) is 0 Å². The molecule has 2 atom stereocenters. The molecule has 6 N–H and O–H groups in total. The fourth-order valence-electron chi connectivity index (χ4n) is 2.14. The van der Waals surface area contributed by atoms with Crippen LogP contribution < -0.4 is 16.8 Å². The molecule has 118 valence electrons. The predicted molar refractivity (Wildman–Crippen MR) is 87.1 cm³/mol. The fourth-order valence-corrected chi connectivity index (χ4v) is 2.83. The first-order valence-corrected chi connectivity index (χ1v) is 8.17. The quantitative estimate of drug-likeness (QED) is 0.380. The standard InChI is InChI=1S/C15H19N3O3S/c1-10(11-5-3-2-4-6-11)15(17)18-13-8-7-12(16)9-14(13)22(19,20)21/h2-10,15,18H,16-17H2,1H3,(H,19,20,21). The second-order valence-electron chi connectivity index (χ2n) is 5.10. The summed E-state index contributed by atoms with van der Waals surface area (Å²) in [6, 6.07) is 13.8. The average molecular weight is 321 g/mol. The van der Waals surface area contributed by atoms with E-state index in [1.807, 2.05) is 37.3 Å². The second kappa shape index (κ2) is 6.35. The van der Waals surface area contributed by atoms with E-state index in [4.69, 9.17) is 11.5 Å². The molecule has 0 aliphatic rings. The van der Waals surface area contributed by atoms with Crippen LogP contribution in [0.2, 0.25) is 0 Å². The molecule has 6 nitrogen and oxygen atoms in total. The van der Waals surface area contributed by atoms with Crippen LogP contribution in [-0.4, -0.2) is 19.1 Å². The number of hydrogen-bond acceptors (Lipinski definition) is 5. The van der Waals surface area contributed by atoms with Gasteiger partial charge in [0, 0.05) is 11.6 Å². The minimum Gasteiger partial charge on any atom is -0.399 e. The monoisotopic (exact) mass is 321 g/mol. The van der Waals surface area contributed by atoms with Crippen molar-refractivity contribution in [2.45, 2.75) is 23.9 Å². The van der Waals surface area contributed by atoms with E-state index >= 15 is 0 Å². The lowest BCUT2D eigenvalue weighted by Gasteiger charge is -2.23. The topological polar surface area (TPSA) is 118 Å². The molecular formula is C15H19N3O3S. The van der Waals surface area contributed by atoms with Crippen LogP contribution in [0.1, 0.15) is 18.4 Å². The van der Waals surface area contributed by atoms with E-state index in [1.165, 1.54) is 18.2 Å². The molecule has 0 saturated carbocycles. The van der Waals surface area contributed by atoms with E-state index in [1.54, 1.807) is 0 Å². The maximum Gasteiger partial charge on any atom is 0.296 e. The first-order chi connectivity index (χ1) is 10.3. The molecule has 0 bridgehead atoms. The van der Waals surface area contributed by atoms with Crippen molar-refractivity contribution in [1.29, 1.82) is 0 Å². The number of nitrogens with one attached hydrogen (secondary N) is 1. The van der Waals surface area contributed by atoms with Gasteiger partial charge in [-0.05, 0) is 23.8 Å². The molecule has 2 aromatic carbocycles. The van der Waals surface area contributed by atoms with Crippen molar-refractivity contribution in [1.82, 2.24) is 0 Å². The molecule has 0 heterocycles. The van der Waals surface area contributed by atoms with Gasteiger partial charge in [-0.15, -0.1) is 0 Å². The zero-order valence-electron chi connectivity index (χ0n) is 12.1. The summed E-state index contributed by atoms with van der Waals surface area (Å²) in [6.45, 7) is 1.93. The highest BCUT2D eigenvalue weighted by atomic mass is 32.2. The van der Waals surface area contributed by atoms with Crippen LogP contribution in [0.4, 0.5) is 11.4 Å².